The van der Waals surface area contributed by atoms with Crippen LogP contribution < -0.4 is 15.1 Å². The minimum atomic E-state index is -0.490. The van der Waals surface area contributed by atoms with Crippen molar-refractivity contribution in [1.29, 1.82) is 0 Å². The molecule has 4 aromatic rings. The second-order valence-corrected chi connectivity index (χ2v) is 8.74. The number of hydrogen-bond donors (Lipinski definition) is 2. The predicted molar refractivity (Wildman–Crippen MR) is 128 cm³/mol. The van der Waals surface area contributed by atoms with Crippen LogP contribution in [-0.2, 0) is 0 Å². The fraction of sp³-hybridized carbons (Fsp3) is 0.167. The van der Waals surface area contributed by atoms with Crippen molar-refractivity contribution in [3.8, 4) is 33.7 Å². The van der Waals surface area contributed by atoms with Crippen molar-refractivity contribution in [2.75, 3.05) is 31.1 Å². The summed E-state index contributed by atoms with van der Waals surface area (Å²) < 4.78 is 15.9. The highest BCUT2D eigenvalue weighted by Crippen LogP contribution is 2.40. The number of aromatic nitrogens is 2. The Labute approximate surface area is 198 Å². The zero-order valence-corrected chi connectivity index (χ0v) is 18.9. The van der Waals surface area contributed by atoms with Gasteiger partial charge in [-0.2, -0.15) is 0 Å². The molecule has 2 aromatic heterocycles. The molecule has 5 rings (SSSR count). The highest BCUT2D eigenvalue weighted by atomic mass is 35.5. The second kappa shape index (κ2) is 8.87. The molecule has 2 aromatic carbocycles. The van der Waals surface area contributed by atoms with Crippen LogP contribution >= 0.6 is 22.9 Å². The maximum atomic E-state index is 14.7. The van der Waals surface area contributed by atoms with E-state index in [-0.39, 0.29) is 15.6 Å². The van der Waals surface area contributed by atoms with Crippen LogP contribution in [0.15, 0.2) is 53.5 Å². The number of aromatic hydroxyl groups is 1. The Morgan fingerprint density at radius 1 is 1.09 bits per heavy atom. The molecular weight excluding hydrogens is 463 g/mol. The summed E-state index contributed by atoms with van der Waals surface area (Å²) in [6.07, 6.45) is 4.36. The first-order valence-corrected chi connectivity index (χ1v) is 11.5. The van der Waals surface area contributed by atoms with Gasteiger partial charge in [0.25, 0.3) is 0 Å². The summed E-state index contributed by atoms with van der Waals surface area (Å²) in [7, 11) is 0. The van der Waals surface area contributed by atoms with E-state index in [0.717, 1.165) is 43.3 Å². The third kappa shape index (κ3) is 4.18. The summed E-state index contributed by atoms with van der Waals surface area (Å²) in [6, 6.07) is 11.1. The van der Waals surface area contributed by atoms with Gasteiger partial charge in [0, 0.05) is 55.1 Å². The van der Waals surface area contributed by atoms with Crippen LogP contribution in [0, 0.1) is 17.4 Å². The number of pyridine rings is 1. The summed E-state index contributed by atoms with van der Waals surface area (Å²) in [4.78, 5) is 18.3. The quantitative estimate of drug-likeness (QED) is 0.459. The summed E-state index contributed by atoms with van der Waals surface area (Å²) >= 11 is 7.31. The lowest BCUT2D eigenvalue weighted by Gasteiger charge is -2.28. The largest absolute Gasteiger partial charge is 0.507 e. The summed E-state index contributed by atoms with van der Waals surface area (Å²) in [6.45, 7) is 3.38. The van der Waals surface area contributed by atoms with E-state index in [1.54, 1.807) is 30.5 Å². The number of piperazine rings is 1. The van der Waals surface area contributed by atoms with Crippen LogP contribution in [0.25, 0.3) is 27.9 Å². The fourth-order valence-electron chi connectivity index (χ4n) is 3.91. The third-order valence-electron chi connectivity index (χ3n) is 5.55. The van der Waals surface area contributed by atoms with Crippen molar-refractivity contribution in [3.63, 3.8) is 0 Å². The van der Waals surface area contributed by atoms with Crippen LogP contribution in [0.2, 0.25) is 5.02 Å². The van der Waals surface area contributed by atoms with E-state index < -0.39 is 5.82 Å². The van der Waals surface area contributed by atoms with Crippen molar-refractivity contribution < 1.29 is 9.50 Å². The first-order chi connectivity index (χ1) is 16.0. The number of phenolic OH excluding ortho intramolecular Hbond substituents is 1. The first kappa shape index (κ1) is 21.5. The number of anilines is 1. The smallest absolute Gasteiger partial charge is 0.327 e. The monoisotopic (exact) mass is 480 g/mol. The van der Waals surface area contributed by atoms with Crippen molar-refractivity contribution in [3.05, 3.63) is 80.7 Å². The Morgan fingerprint density at radius 3 is 2.48 bits per heavy atom. The molecule has 166 valence electrons. The predicted octanol–water partition coefficient (Wildman–Crippen LogP) is 4.14. The topological polar surface area (TPSA) is 70.4 Å². The Balaban J connectivity index is 1.55. The minimum Gasteiger partial charge on any atom is -0.507 e. The van der Waals surface area contributed by atoms with Crippen molar-refractivity contribution in [2.45, 2.75) is 0 Å². The molecule has 1 aliphatic rings. The molecule has 0 bridgehead atoms. The second-order valence-electron chi connectivity index (χ2n) is 7.57. The molecular formula is C24H18ClFN4O2S. The molecule has 1 saturated heterocycles. The van der Waals surface area contributed by atoms with E-state index in [1.165, 1.54) is 16.7 Å². The maximum absolute atomic E-state index is 14.7. The Morgan fingerprint density at radius 2 is 1.82 bits per heavy atom. The first-order valence-electron chi connectivity index (χ1n) is 10.3. The van der Waals surface area contributed by atoms with E-state index in [0.29, 0.717) is 27.9 Å². The van der Waals surface area contributed by atoms with Gasteiger partial charge in [0.05, 0.1) is 10.7 Å². The van der Waals surface area contributed by atoms with Gasteiger partial charge in [-0.15, -0.1) is 0 Å². The van der Waals surface area contributed by atoms with Crippen LogP contribution in [0.3, 0.4) is 0 Å². The van der Waals surface area contributed by atoms with Gasteiger partial charge in [-0.3, -0.25) is 4.79 Å². The van der Waals surface area contributed by atoms with E-state index in [2.05, 4.69) is 26.8 Å². The van der Waals surface area contributed by atoms with Gasteiger partial charge >= 0.3 is 4.87 Å². The van der Waals surface area contributed by atoms with Crippen LogP contribution in [0.5, 0.6) is 5.75 Å². The molecule has 0 radical (unpaired) electrons. The lowest BCUT2D eigenvalue weighted by molar-refractivity contribution is 0.477. The van der Waals surface area contributed by atoms with E-state index >= 15 is 0 Å². The van der Waals surface area contributed by atoms with Gasteiger partial charge in [0.1, 0.15) is 17.4 Å². The maximum Gasteiger partial charge on any atom is 0.327 e. The molecule has 2 N–H and O–H groups in total. The fourth-order valence-corrected chi connectivity index (χ4v) is 4.63. The number of rotatable bonds is 4. The number of phenols is 1. The molecule has 0 atom stereocenters. The van der Waals surface area contributed by atoms with E-state index in [4.69, 9.17) is 11.6 Å². The van der Waals surface area contributed by atoms with Gasteiger partial charge in [0.2, 0.25) is 0 Å². The molecule has 9 heteroatoms. The highest BCUT2D eigenvalue weighted by Gasteiger charge is 2.18. The number of nitrogens with one attached hydrogen (secondary N) is 1. The van der Waals surface area contributed by atoms with Crippen LogP contribution in [0.1, 0.15) is 0 Å². The molecule has 0 aliphatic carbocycles. The van der Waals surface area contributed by atoms with Gasteiger partial charge in [-0.1, -0.05) is 17.7 Å². The lowest BCUT2D eigenvalue weighted by Crippen LogP contribution is -2.43. The van der Waals surface area contributed by atoms with E-state index in [9.17, 15) is 14.3 Å². The molecule has 33 heavy (non-hydrogen) atoms. The average Bonchev–Trinajstić information content (AvgIpc) is 3.26. The average molecular weight is 481 g/mol. The van der Waals surface area contributed by atoms with Gasteiger partial charge < -0.3 is 15.3 Å². The molecule has 0 unspecified atom stereocenters. The third-order valence-corrected chi connectivity index (χ3v) is 6.40. The molecule has 0 spiro atoms. The summed E-state index contributed by atoms with van der Waals surface area (Å²) in [5, 5.41) is 17.3. The molecule has 6 nitrogen and oxygen atoms in total. The minimum absolute atomic E-state index is 0.0646. The molecule has 3 heterocycles. The Kier molecular flexibility index (Phi) is 5.77. The summed E-state index contributed by atoms with van der Waals surface area (Å²) in [5.74, 6) is 0.224. The van der Waals surface area contributed by atoms with Gasteiger partial charge in [0.15, 0.2) is 0 Å². The zero-order chi connectivity index (χ0) is 22.9. The molecule has 1 aliphatic heterocycles. The SMILES string of the molecule is O=c1sc#cn1-c1ccc(-c2cc(F)cc(-c3ccnc(N4CCNCC4)c3)c2O)cc1Cl. The number of hydrogen-bond acceptors (Lipinski definition) is 6. The summed E-state index contributed by atoms with van der Waals surface area (Å²) in [5.41, 5.74) is 2.28. The number of benzene rings is 2. The van der Waals surface area contributed by atoms with E-state index in [1.807, 2.05) is 6.07 Å². The normalized spacial score (nSPS) is 13.7. The van der Waals surface area contributed by atoms with Gasteiger partial charge in [-0.25, -0.2) is 13.9 Å². The molecule has 0 amide bonds. The van der Waals surface area contributed by atoms with Crippen molar-refractivity contribution >= 4 is 28.8 Å². The lowest BCUT2D eigenvalue weighted by atomic mass is 9.97. The van der Waals surface area contributed by atoms with Crippen LogP contribution in [-0.4, -0.2) is 40.8 Å². The molecule has 1 fully saturated rings. The number of halogens is 2. The number of nitrogens with zero attached hydrogens (tertiary/aromatic N) is 3. The highest BCUT2D eigenvalue weighted by molar-refractivity contribution is 7.06. The zero-order valence-electron chi connectivity index (χ0n) is 17.3. The Hall–Kier alpha value is -3.38. The standard InChI is InChI=1S/C24H18ClFN4O2S/c25-20-11-15(1-2-21(20)30-9-10-33-24(30)32)18-13-17(26)14-19(23(18)31)16-3-4-28-22(12-16)29-7-5-27-6-8-29/h1-4,11-14,27,31H,5-8H2. The van der Waals surface area contributed by atoms with Crippen molar-refractivity contribution in [1.82, 2.24) is 14.9 Å². The van der Waals surface area contributed by atoms with Crippen LogP contribution in [0.4, 0.5) is 10.2 Å². The molecule has 0 saturated carbocycles. The Bertz CT molecular complexity index is 1380. The van der Waals surface area contributed by atoms with Gasteiger partial charge in [-0.05, 0) is 58.9 Å². The van der Waals surface area contributed by atoms with Crippen molar-refractivity contribution in [2.24, 2.45) is 0 Å².